The van der Waals surface area contributed by atoms with Crippen molar-refractivity contribution < 1.29 is 14.3 Å². The maximum absolute atomic E-state index is 12.7. The predicted molar refractivity (Wildman–Crippen MR) is 97.2 cm³/mol. The molecule has 1 aliphatic heterocycles. The van der Waals surface area contributed by atoms with Gasteiger partial charge in [0.05, 0.1) is 19.9 Å². The fourth-order valence-electron chi connectivity index (χ4n) is 2.44. The lowest BCUT2D eigenvalue weighted by Gasteiger charge is -2.13. The number of rotatable bonds is 4. The Hall–Kier alpha value is -2.86. The molecule has 0 saturated carbocycles. The second-order valence-electron chi connectivity index (χ2n) is 5.07. The van der Waals surface area contributed by atoms with E-state index in [1.165, 1.54) is 4.90 Å². The van der Waals surface area contributed by atoms with Crippen molar-refractivity contribution in [3.05, 3.63) is 59.8 Å². The van der Waals surface area contributed by atoms with Crippen molar-refractivity contribution in [3.63, 3.8) is 0 Å². The zero-order chi connectivity index (χ0) is 17.1. The number of hydrogen-bond donors (Lipinski definition) is 1. The smallest absolute Gasteiger partial charge is 0.281 e. The highest BCUT2D eigenvalue weighted by Crippen LogP contribution is 2.28. The summed E-state index contributed by atoms with van der Waals surface area (Å²) in [5.74, 6) is 1.09. The molecule has 0 aromatic heterocycles. The third-order valence-corrected chi connectivity index (χ3v) is 3.92. The first-order valence-corrected chi connectivity index (χ1v) is 7.69. The van der Waals surface area contributed by atoms with E-state index < -0.39 is 0 Å². The Morgan fingerprint density at radius 3 is 2.50 bits per heavy atom. The molecule has 1 heterocycles. The Labute approximate surface area is 145 Å². The molecule has 1 amide bonds. The molecule has 0 aliphatic carbocycles. The van der Waals surface area contributed by atoms with Gasteiger partial charge in [-0.2, -0.15) is 0 Å². The van der Waals surface area contributed by atoms with Gasteiger partial charge in [0.1, 0.15) is 17.2 Å². The van der Waals surface area contributed by atoms with Crippen LogP contribution in [0.4, 0.5) is 5.69 Å². The monoisotopic (exact) mass is 340 g/mol. The minimum Gasteiger partial charge on any atom is -0.497 e. The molecule has 24 heavy (non-hydrogen) atoms. The van der Waals surface area contributed by atoms with Crippen LogP contribution in [0.15, 0.2) is 54.2 Å². The summed E-state index contributed by atoms with van der Waals surface area (Å²) in [4.78, 5) is 14.2. The highest BCUT2D eigenvalue weighted by atomic mass is 32.1. The molecule has 2 aromatic rings. The van der Waals surface area contributed by atoms with Gasteiger partial charge in [0, 0.05) is 11.6 Å². The Morgan fingerprint density at radius 1 is 1.08 bits per heavy atom. The number of nitrogens with zero attached hydrogens (tertiary/aromatic N) is 1. The third kappa shape index (κ3) is 2.96. The molecule has 0 atom stereocenters. The first-order valence-electron chi connectivity index (χ1n) is 7.28. The van der Waals surface area contributed by atoms with Crippen LogP contribution >= 0.6 is 12.2 Å². The number of methoxy groups -OCH3 is 2. The van der Waals surface area contributed by atoms with Crippen LogP contribution in [0.3, 0.4) is 0 Å². The summed E-state index contributed by atoms with van der Waals surface area (Å²) in [6.07, 6.45) is 1.72. The second kappa shape index (κ2) is 6.72. The van der Waals surface area contributed by atoms with E-state index in [2.05, 4.69) is 5.32 Å². The van der Waals surface area contributed by atoms with Crippen LogP contribution in [-0.4, -0.2) is 25.2 Å². The van der Waals surface area contributed by atoms with E-state index in [4.69, 9.17) is 21.7 Å². The summed E-state index contributed by atoms with van der Waals surface area (Å²) in [6.45, 7) is 0. The molecule has 5 nitrogen and oxygen atoms in total. The Morgan fingerprint density at radius 2 is 1.83 bits per heavy atom. The molecule has 1 saturated heterocycles. The predicted octanol–water partition coefficient (Wildman–Crippen LogP) is 2.97. The van der Waals surface area contributed by atoms with Crippen molar-refractivity contribution in [2.24, 2.45) is 0 Å². The number of nitrogens with one attached hydrogen (secondary N) is 1. The number of thiocarbonyl (C=S) groups is 1. The minimum absolute atomic E-state index is 0.205. The molecule has 122 valence electrons. The molecule has 3 rings (SSSR count). The van der Waals surface area contributed by atoms with Gasteiger partial charge in [-0.3, -0.25) is 9.69 Å². The fourth-order valence-corrected chi connectivity index (χ4v) is 2.74. The number of para-hydroxylation sites is 1. The number of benzene rings is 2. The van der Waals surface area contributed by atoms with Crippen molar-refractivity contribution in [1.82, 2.24) is 5.32 Å². The summed E-state index contributed by atoms with van der Waals surface area (Å²) in [5.41, 5.74) is 1.88. The molecule has 0 spiro atoms. The number of ether oxygens (including phenoxy) is 2. The van der Waals surface area contributed by atoms with E-state index in [1.54, 1.807) is 26.4 Å². The number of anilines is 1. The molecule has 0 radical (unpaired) electrons. The van der Waals surface area contributed by atoms with Gasteiger partial charge in [-0.05, 0) is 42.6 Å². The van der Waals surface area contributed by atoms with Gasteiger partial charge >= 0.3 is 0 Å². The first-order chi connectivity index (χ1) is 11.6. The lowest BCUT2D eigenvalue weighted by atomic mass is 10.1. The Kier molecular flexibility index (Phi) is 4.48. The molecule has 1 aliphatic rings. The van der Waals surface area contributed by atoms with Crippen LogP contribution in [0.1, 0.15) is 5.56 Å². The molecular formula is C18H16N2O3S. The molecule has 1 N–H and O–H groups in total. The molecule has 1 fully saturated rings. The van der Waals surface area contributed by atoms with Gasteiger partial charge in [-0.15, -0.1) is 0 Å². The van der Waals surface area contributed by atoms with Crippen molar-refractivity contribution in [3.8, 4) is 11.5 Å². The zero-order valence-corrected chi connectivity index (χ0v) is 14.1. The van der Waals surface area contributed by atoms with Gasteiger partial charge in [-0.1, -0.05) is 18.2 Å². The highest BCUT2D eigenvalue weighted by molar-refractivity contribution is 7.80. The highest BCUT2D eigenvalue weighted by Gasteiger charge is 2.31. The second-order valence-corrected chi connectivity index (χ2v) is 5.46. The van der Waals surface area contributed by atoms with E-state index >= 15 is 0 Å². The summed E-state index contributed by atoms with van der Waals surface area (Å²) in [7, 11) is 3.16. The van der Waals surface area contributed by atoms with Crippen molar-refractivity contribution >= 4 is 35.0 Å². The van der Waals surface area contributed by atoms with Crippen LogP contribution < -0.4 is 19.7 Å². The Balaban J connectivity index is 1.95. The summed E-state index contributed by atoms with van der Waals surface area (Å²) >= 11 is 5.30. The van der Waals surface area contributed by atoms with Crippen molar-refractivity contribution in [1.29, 1.82) is 0 Å². The van der Waals surface area contributed by atoms with Gasteiger partial charge in [0.25, 0.3) is 5.91 Å². The normalized spacial score (nSPS) is 15.6. The number of hydrogen-bond acceptors (Lipinski definition) is 4. The van der Waals surface area contributed by atoms with Crippen LogP contribution in [0, 0.1) is 0 Å². The maximum Gasteiger partial charge on any atom is 0.281 e. The maximum atomic E-state index is 12.7. The van der Waals surface area contributed by atoms with Gasteiger partial charge in [0.15, 0.2) is 5.11 Å². The first kappa shape index (κ1) is 16.0. The molecule has 2 aromatic carbocycles. The van der Waals surface area contributed by atoms with Gasteiger partial charge in [-0.25, -0.2) is 0 Å². The molecule has 0 unspecified atom stereocenters. The van der Waals surface area contributed by atoms with E-state index in [0.29, 0.717) is 22.3 Å². The average molecular weight is 340 g/mol. The quantitative estimate of drug-likeness (QED) is 0.685. The minimum atomic E-state index is -0.205. The SMILES string of the molecule is COc1ccc(/C=C2/NC(=S)N(c3ccccc3)C2=O)c(OC)c1. The lowest BCUT2D eigenvalue weighted by molar-refractivity contribution is -0.113. The van der Waals surface area contributed by atoms with Crippen LogP contribution in [-0.2, 0) is 4.79 Å². The molecule has 6 heteroatoms. The van der Waals surface area contributed by atoms with Crippen LogP contribution in [0.2, 0.25) is 0 Å². The zero-order valence-electron chi connectivity index (χ0n) is 13.3. The van der Waals surface area contributed by atoms with E-state index in [9.17, 15) is 4.79 Å². The lowest BCUT2D eigenvalue weighted by Crippen LogP contribution is -2.30. The topological polar surface area (TPSA) is 50.8 Å². The van der Waals surface area contributed by atoms with Crippen LogP contribution in [0.5, 0.6) is 11.5 Å². The summed E-state index contributed by atoms with van der Waals surface area (Å²) in [6, 6.07) is 14.7. The standard InChI is InChI=1S/C18H16N2O3S/c1-22-14-9-8-12(16(11-14)23-2)10-15-17(21)20(18(24)19-15)13-6-4-3-5-7-13/h3-11H,1-2H3,(H,19,24)/b15-10+. The van der Waals surface area contributed by atoms with Crippen molar-refractivity contribution in [2.45, 2.75) is 0 Å². The number of carbonyl (C=O) groups excluding carboxylic acids is 1. The van der Waals surface area contributed by atoms with E-state index in [0.717, 1.165) is 11.3 Å². The number of carbonyl (C=O) groups is 1. The summed E-state index contributed by atoms with van der Waals surface area (Å²) in [5, 5.41) is 3.31. The fraction of sp³-hybridized carbons (Fsp3) is 0.111. The van der Waals surface area contributed by atoms with E-state index in [-0.39, 0.29) is 5.91 Å². The summed E-state index contributed by atoms with van der Waals surface area (Å²) < 4.78 is 10.5. The van der Waals surface area contributed by atoms with Gasteiger partial charge < -0.3 is 14.8 Å². The average Bonchev–Trinajstić information content (AvgIpc) is 2.89. The van der Waals surface area contributed by atoms with E-state index in [1.807, 2.05) is 42.5 Å². The largest absolute Gasteiger partial charge is 0.497 e. The van der Waals surface area contributed by atoms with Crippen LogP contribution in [0.25, 0.3) is 6.08 Å². The Bertz CT molecular complexity index is 818. The molecule has 0 bridgehead atoms. The van der Waals surface area contributed by atoms with Crippen molar-refractivity contribution in [2.75, 3.05) is 19.1 Å². The third-order valence-electron chi connectivity index (χ3n) is 3.63. The molecular weight excluding hydrogens is 324 g/mol. The van der Waals surface area contributed by atoms with Gasteiger partial charge in [0.2, 0.25) is 0 Å². The number of amides is 1.